The zero-order valence-corrected chi connectivity index (χ0v) is 12.4. The van der Waals surface area contributed by atoms with Gasteiger partial charge in [-0.2, -0.15) is 0 Å². The lowest BCUT2D eigenvalue weighted by molar-refractivity contribution is 0.282. The van der Waals surface area contributed by atoms with Crippen molar-refractivity contribution in [1.29, 1.82) is 0 Å². The van der Waals surface area contributed by atoms with Gasteiger partial charge in [-0.15, -0.1) is 0 Å². The van der Waals surface area contributed by atoms with E-state index in [9.17, 15) is 0 Å². The molecule has 1 N–H and O–H groups in total. The Hall–Kier alpha value is -1.71. The van der Waals surface area contributed by atoms with Gasteiger partial charge in [-0.05, 0) is 35.4 Å². The standard InChI is InChI=1S/C16H18ClNO2/c1-18(10-12-3-7-15(20-2)8-4-12)14-6-5-13(11-19)16(17)9-14/h3-9,19H,10-11H2,1-2H3. The van der Waals surface area contributed by atoms with E-state index in [0.29, 0.717) is 5.02 Å². The number of hydrogen-bond acceptors (Lipinski definition) is 3. The van der Waals surface area contributed by atoms with Crippen molar-refractivity contribution in [2.45, 2.75) is 13.2 Å². The highest BCUT2D eigenvalue weighted by Gasteiger charge is 2.06. The van der Waals surface area contributed by atoms with Crippen molar-refractivity contribution in [3.8, 4) is 5.75 Å². The third-order valence-electron chi connectivity index (χ3n) is 3.23. The lowest BCUT2D eigenvalue weighted by atomic mass is 10.1. The van der Waals surface area contributed by atoms with Crippen LogP contribution in [-0.2, 0) is 13.2 Å². The van der Waals surface area contributed by atoms with Crippen LogP contribution in [0.5, 0.6) is 5.75 Å². The summed E-state index contributed by atoms with van der Waals surface area (Å²) in [6.07, 6.45) is 0. The fourth-order valence-corrected chi connectivity index (χ4v) is 2.23. The monoisotopic (exact) mass is 291 g/mol. The number of anilines is 1. The SMILES string of the molecule is COc1ccc(CN(C)c2ccc(CO)c(Cl)c2)cc1. The maximum atomic E-state index is 9.12. The van der Waals surface area contributed by atoms with Crippen molar-refractivity contribution in [3.05, 3.63) is 58.6 Å². The molecule has 0 spiro atoms. The highest BCUT2D eigenvalue weighted by atomic mass is 35.5. The Balaban J connectivity index is 2.10. The van der Waals surface area contributed by atoms with E-state index in [1.807, 2.05) is 49.5 Å². The molecule has 0 atom stereocenters. The Labute approximate surface area is 124 Å². The summed E-state index contributed by atoms with van der Waals surface area (Å²) in [5.74, 6) is 0.853. The topological polar surface area (TPSA) is 32.7 Å². The molecule has 0 saturated carbocycles. The first kappa shape index (κ1) is 14.7. The normalized spacial score (nSPS) is 10.4. The smallest absolute Gasteiger partial charge is 0.118 e. The molecule has 0 heterocycles. The molecule has 3 nitrogen and oxygen atoms in total. The van der Waals surface area contributed by atoms with Crippen molar-refractivity contribution in [1.82, 2.24) is 0 Å². The van der Waals surface area contributed by atoms with E-state index in [0.717, 1.165) is 23.5 Å². The maximum absolute atomic E-state index is 9.12. The summed E-state index contributed by atoms with van der Waals surface area (Å²) in [5.41, 5.74) is 2.95. The molecule has 2 rings (SSSR count). The van der Waals surface area contributed by atoms with Gasteiger partial charge < -0.3 is 14.7 Å². The van der Waals surface area contributed by atoms with Gasteiger partial charge in [0.2, 0.25) is 0 Å². The molecule has 106 valence electrons. The van der Waals surface area contributed by atoms with Crippen LogP contribution in [0.3, 0.4) is 0 Å². The van der Waals surface area contributed by atoms with E-state index >= 15 is 0 Å². The zero-order chi connectivity index (χ0) is 14.5. The Kier molecular flexibility index (Phi) is 4.88. The molecule has 0 aliphatic carbocycles. The van der Waals surface area contributed by atoms with Crippen molar-refractivity contribution in [2.75, 3.05) is 19.1 Å². The molecular formula is C16H18ClNO2. The fraction of sp³-hybridized carbons (Fsp3) is 0.250. The number of halogens is 1. The number of hydrogen-bond donors (Lipinski definition) is 1. The second-order valence-electron chi connectivity index (χ2n) is 4.64. The van der Waals surface area contributed by atoms with Gasteiger partial charge in [-0.3, -0.25) is 0 Å². The van der Waals surface area contributed by atoms with Gasteiger partial charge in [0, 0.05) is 24.3 Å². The van der Waals surface area contributed by atoms with Gasteiger partial charge in [0.1, 0.15) is 5.75 Å². The van der Waals surface area contributed by atoms with Gasteiger partial charge in [-0.25, -0.2) is 0 Å². The highest BCUT2D eigenvalue weighted by molar-refractivity contribution is 6.31. The van der Waals surface area contributed by atoms with Crippen LogP contribution in [0.2, 0.25) is 5.02 Å². The average Bonchev–Trinajstić information content (AvgIpc) is 2.48. The number of methoxy groups -OCH3 is 1. The van der Waals surface area contributed by atoms with Crippen molar-refractivity contribution in [2.24, 2.45) is 0 Å². The molecule has 2 aromatic rings. The van der Waals surface area contributed by atoms with E-state index < -0.39 is 0 Å². The Morgan fingerprint density at radius 3 is 2.40 bits per heavy atom. The number of aliphatic hydroxyl groups is 1. The summed E-state index contributed by atoms with van der Waals surface area (Å²) in [7, 11) is 3.67. The summed E-state index contributed by atoms with van der Waals surface area (Å²) in [4.78, 5) is 2.11. The zero-order valence-electron chi connectivity index (χ0n) is 11.6. The van der Waals surface area contributed by atoms with Gasteiger partial charge in [0.25, 0.3) is 0 Å². The minimum atomic E-state index is -0.0404. The Morgan fingerprint density at radius 1 is 1.15 bits per heavy atom. The molecule has 0 saturated heterocycles. The van der Waals surface area contributed by atoms with Crippen LogP contribution < -0.4 is 9.64 Å². The molecular weight excluding hydrogens is 274 g/mol. The van der Waals surface area contributed by atoms with Crippen molar-refractivity contribution < 1.29 is 9.84 Å². The van der Waals surface area contributed by atoms with Crippen LogP contribution in [-0.4, -0.2) is 19.3 Å². The minimum Gasteiger partial charge on any atom is -0.497 e. The van der Waals surface area contributed by atoms with Crippen molar-refractivity contribution in [3.63, 3.8) is 0 Å². The van der Waals surface area contributed by atoms with Gasteiger partial charge in [0.05, 0.1) is 13.7 Å². The van der Waals surface area contributed by atoms with Crippen LogP contribution in [0.1, 0.15) is 11.1 Å². The van der Waals surface area contributed by atoms with Crippen LogP contribution in [0.4, 0.5) is 5.69 Å². The maximum Gasteiger partial charge on any atom is 0.118 e. The minimum absolute atomic E-state index is 0.0404. The van der Waals surface area contributed by atoms with Gasteiger partial charge >= 0.3 is 0 Å². The summed E-state index contributed by atoms with van der Waals surface area (Å²) in [5, 5.41) is 9.71. The molecule has 2 aromatic carbocycles. The van der Waals surface area contributed by atoms with E-state index in [1.54, 1.807) is 7.11 Å². The summed E-state index contributed by atoms with van der Waals surface area (Å²) < 4.78 is 5.15. The lowest BCUT2D eigenvalue weighted by Gasteiger charge is -2.20. The third kappa shape index (κ3) is 3.44. The number of aliphatic hydroxyl groups excluding tert-OH is 1. The summed E-state index contributed by atoms with van der Waals surface area (Å²) >= 11 is 6.11. The van der Waals surface area contributed by atoms with E-state index in [-0.39, 0.29) is 6.61 Å². The molecule has 0 aliphatic heterocycles. The second kappa shape index (κ2) is 6.64. The first-order valence-corrected chi connectivity index (χ1v) is 6.75. The molecule has 0 fully saturated rings. The number of ether oxygens (including phenoxy) is 1. The largest absolute Gasteiger partial charge is 0.497 e. The fourth-order valence-electron chi connectivity index (χ4n) is 2.00. The quantitative estimate of drug-likeness (QED) is 0.915. The van der Waals surface area contributed by atoms with Crippen LogP contribution in [0.25, 0.3) is 0 Å². The molecule has 0 radical (unpaired) electrons. The summed E-state index contributed by atoms with van der Waals surface area (Å²) in [6, 6.07) is 13.7. The molecule has 20 heavy (non-hydrogen) atoms. The van der Waals surface area contributed by atoms with Gasteiger partial charge in [0.15, 0.2) is 0 Å². The molecule has 0 amide bonds. The predicted molar refractivity (Wildman–Crippen MR) is 82.5 cm³/mol. The first-order valence-electron chi connectivity index (χ1n) is 6.37. The van der Waals surface area contributed by atoms with E-state index in [2.05, 4.69) is 4.90 Å². The molecule has 0 bridgehead atoms. The molecule has 0 aliphatic rings. The Morgan fingerprint density at radius 2 is 1.85 bits per heavy atom. The number of nitrogens with zero attached hydrogens (tertiary/aromatic N) is 1. The highest BCUT2D eigenvalue weighted by Crippen LogP contribution is 2.24. The van der Waals surface area contributed by atoms with Crippen LogP contribution in [0, 0.1) is 0 Å². The van der Waals surface area contributed by atoms with E-state index in [1.165, 1.54) is 5.56 Å². The molecule has 0 aromatic heterocycles. The molecule has 4 heteroatoms. The molecule has 0 unspecified atom stereocenters. The number of benzene rings is 2. The Bertz CT molecular complexity index is 569. The number of rotatable bonds is 5. The second-order valence-corrected chi connectivity index (χ2v) is 5.05. The third-order valence-corrected chi connectivity index (χ3v) is 3.58. The summed E-state index contributed by atoms with van der Waals surface area (Å²) in [6.45, 7) is 0.736. The van der Waals surface area contributed by atoms with Crippen molar-refractivity contribution >= 4 is 17.3 Å². The van der Waals surface area contributed by atoms with Crippen LogP contribution in [0.15, 0.2) is 42.5 Å². The lowest BCUT2D eigenvalue weighted by Crippen LogP contribution is -2.16. The first-order chi connectivity index (χ1) is 9.63. The van der Waals surface area contributed by atoms with Crippen LogP contribution >= 0.6 is 11.6 Å². The average molecular weight is 292 g/mol. The predicted octanol–water partition coefficient (Wildman–Crippen LogP) is 3.48. The van der Waals surface area contributed by atoms with E-state index in [4.69, 9.17) is 21.4 Å². The van der Waals surface area contributed by atoms with Gasteiger partial charge in [-0.1, -0.05) is 29.8 Å².